The Hall–Kier alpha value is -2.67. The molecule has 2 aromatic rings. The minimum absolute atomic E-state index is 0.109. The van der Waals surface area contributed by atoms with E-state index in [1.807, 2.05) is 25.1 Å². The van der Waals surface area contributed by atoms with Gasteiger partial charge in [0.1, 0.15) is 17.6 Å². The van der Waals surface area contributed by atoms with E-state index in [0.717, 1.165) is 11.5 Å². The number of morpholine rings is 1. The van der Waals surface area contributed by atoms with E-state index in [1.165, 1.54) is 0 Å². The number of benzene rings is 1. The second-order valence-electron chi connectivity index (χ2n) is 5.79. The average Bonchev–Trinajstić information content (AvgIpc) is 2.66. The molecule has 0 unspecified atom stereocenters. The summed E-state index contributed by atoms with van der Waals surface area (Å²) in [5, 5.41) is 3.03. The first-order chi connectivity index (χ1) is 12.1. The summed E-state index contributed by atoms with van der Waals surface area (Å²) in [6, 6.07) is 8.75. The van der Waals surface area contributed by atoms with E-state index < -0.39 is 0 Å². The van der Waals surface area contributed by atoms with Crippen molar-refractivity contribution in [3.63, 3.8) is 0 Å². The van der Waals surface area contributed by atoms with Gasteiger partial charge in [0.25, 0.3) is 5.91 Å². The third-order valence-corrected chi connectivity index (χ3v) is 4.15. The van der Waals surface area contributed by atoms with Crippen LogP contribution in [0.15, 0.2) is 30.3 Å². The first-order valence-corrected chi connectivity index (χ1v) is 8.19. The second-order valence-corrected chi connectivity index (χ2v) is 5.79. The van der Waals surface area contributed by atoms with Crippen LogP contribution in [0.3, 0.4) is 0 Å². The van der Waals surface area contributed by atoms with Crippen molar-refractivity contribution in [1.82, 2.24) is 14.9 Å². The number of amides is 1. The number of nitrogens with zero attached hydrogens (tertiary/aromatic N) is 3. The summed E-state index contributed by atoms with van der Waals surface area (Å²) in [6.45, 7) is 3.24. The number of hydrogen-bond acceptors (Lipinski definition) is 6. The summed E-state index contributed by atoms with van der Waals surface area (Å²) in [7, 11) is 3.37. The fourth-order valence-electron chi connectivity index (χ4n) is 2.91. The van der Waals surface area contributed by atoms with Gasteiger partial charge in [0.2, 0.25) is 0 Å². The van der Waals surface area contributed by atoms with E-state index in [-0.39, 0.29) is 11.9 Å². The van der Waals surface area contributed by atoms with Gasteiger partial charge in [-0.15, -0.1) is 0 Å². The van der Waals surface area contributed by atoms with Crippen LogP contribution in [0, 0.1) is 6.92 Å². The lowest BCUT2D eigenvalue weighted by molar-refractivity contribution is -0.00537. The summed E-state index contributed by atoms with van der Waals surface area (Å²) in [4.78, 5) is 23.9. The van der Waals surface area contributed by atoms with E-state index >= 15 is 0 Å². The summed E-state index contributed by atoms with van der Waals surface area (Å²) >= 11 is 0. The molecule has 0 aliphatic carbocycles. The number of rotatable bonds is 4. The molecule has 7 heteroatoms. The number of aryl methyl sites for hydroxylation is 1. The van der Waals surface area contributed by atoms with Crippen LogP contribution in [0.1, 0.15) is 27.9 Å². The highest BCUT2D eigenvalue weighted by atomic mass is 16.5. The maximum atomic E-state index is 13.1. The Morgan fingerprint density at radius 2 is 2.16 bits per heavy atom. The maximum absolute atomic E-state index is 13.1. The number of nitrogens with one attached hydrogen (secondary N) is 1. The molecule has 1 aromatic carbocycles. The molecule has 0 bridgehead atoms. The van der Waals surface area contributed by atoms with Gasteiger partial charge in [0.15, 0.2) is 5.82 Å². The van der Waals surface area contributed by atoms with Crippen LogP contribution in [0.5, 0.6) is 5.75 Å². The molecular formula is C18H22N4O3. The van der Waals surface area contributed by atoms with Gasteiger partial charge in [-0.1, -0.05) is 12.1 Å². The quantitative estimate of drug-likeness (QED) is 0.916. The molecule has 0 spiro atoms. The van der Waals surface area contributed by atoms with Gasteiger partial charge in [-0.05, 0) is 19.1 Å². The van der Waals surface area contributed by atoms with Gasteiger partial charge in [0.05, 0.1) is 25.9 Å². The van der Waals surface area contributed by atoms with Crippen LogP contribution >= 0.6 is 0 Å². The third kappa shape index (κ3) is 3.56. The van der Waals surface area contributed by atoms with Gasteiger partial charge < -0.3 is 19.7 Å². The monoisotopic (exact) mass is 342 g/mol. The molecular weight excluding hydrogens is 320 g/mol. The molecule has 1 saturated heterocycles. The van der Waals surface area contributed by atoms with Gasteiger partial charge in [-0.3, -0.25) is 4.79 Å². The number of ether oxygens (including phenoxy) is 2. The molecule has 1 amide bonds. The molecule has 132 valence electrons. The zero-order chi connectivity index (χ0) is 17.8. The zero-order valence-corrected chi connectivity index (χ0v) is 14.7. The Morgan fingerprint density at radius 1 is 1.36 bits per heavy atom. The molecule has 1 atom stereocenters. The Balaban J connectivity index is 1.96. The highest BCUT2D eigenvalue weighted by molar-refractivity contribution is 5.97. The zero-order valence-electron chi connectivity index (χ0n) is 14.7. The third-order valence-electron chi connectivity index (χ3n) is 4.15. The normalized spacial score (nSPS) is 17.2. The van der Waals surface area contributed by atoms with Crippen molar-refractivity contribution in [3.8, 4) is 5.75 Å². The number of carbonyl (C=O) groups is 1. The van der Waals surface area contributed by atoms with E-state index in [0.29, 0.717) is 36.9 Å². The van der Waals surface area contributed by atoms with Crippen LogP contribution in [0.2, 0.25) is 0 Å². The molecule has 1 aliphatic rings. The molecule has 7 nitrogen and oxygen atoms in total. The molecule has 0 saturated carbocycles. The largest absolute Gasteiger partial charge is 0.496 e. The first kappa shape index (κ1) is 17.2. The lowest BCUT2D eigenvalue weighted by Crippen LogP contribution is -2.44. The van der Waals surface area contributed by atoms with E-state index in [4.69, 9.17) is 9.47 Å². The van der Waals surface area contributed by atoms with Gasteiger partial charge in [0, 0.05) is 25.4 Å². The Morgan fingerprint density at radius 3 is 2.92 bits per heavy atom. The van der Waals surface area contributed by atoms with Crippen LogP contribution in [0.25, 0.3) is 0 Å². The van der Waals surface area contributed by atoms with Crippen LogP contribution in [-0.4, -0.2) is 54.7 Å². The van der Waals surface area contributed by atoms with Crippen molar-refractivity contribution in [3.05, 3.63) is 47.4 Å². The standard InChI is InChI=1S/C18H22N4O3/c1-12-10-16(19-2)21-17(20-12)14-11-25-9-8-22(14)18(23)13-6-4-5-7-15(13)24-3/h4-7,10,14H,8-9,11H2,1-3H3,(H,19,20,21)/t14-/m0/s1. The summed E-state index contributed by atoms with van der Waals surface area (Å²) in [6.07, 6.45) is 0. The molecule has 1 fully saturated rings. The SMILES string of the molecule is CNc1cc(C)nc([C@@H]2COCCN2C(=O)c2ccccc2OC)n1. The number of anilines is 1. The molecule has 0 radical (unpaired) electrons. The molecule has 25 heavy (non-hydrogen) atoms. The minimum atomic E-state index is -0.335. The van der Waals surface area contributed by atoms with E-state index in [1.54, 1.807) is 31.2 Å². The molecule has 3 rings (SSSR count). The number of hydrogen-bond donors (Lipinski definition) is 1. The second kappa shape index (κ2) is 7.48. The summed E-state index contributed by atoms with van der Waals surface area (Å²) in [5.41, 5.74) is 1.36. The van der Waals surface area contributed by atoms with Crippen LogP contribution in [0.4, 0.5) is 5.82 Å². The van der Waals surface area contributed by atoms with E-state index in [2.05, 4.69) is 15.3 Å². The van der Waals surface area contributed by atoms with Gasteiger partial charge >= 0.3 is 0 Å². The Kier molecular flexibility index (Phi) is 5.14. The number of carbonyl (C=O) groups excluding carboxylic acids is 1. The van der Waals surface area contributed by atoms with Crippen molar-refractivity contribution < 1.29 is 14.3 Å². The number of methoxy groups -OCH3 is 1. The van der Waals surface area contributed by atoms with Crippen LogP contribution in [-0.2, 0) is 4.74 Å². The minimum Gasteiger partial charge on any atom is -0.496 e. The first-order valence-electron chi connectivity index (χ1n) is 8.19. The topological polar surface area (TPSA) is 76.6 Å². The lowest BCUT2D eigenvalue weighted by Gasteiger charge is -2.35. The van der Waals surface area contributed by atoms with Gasteiger partial charge in [-0.25, -0.2) is 9.97 Å². The highest BCUT2D eigenvalue weighted by Gasteiger charge is 2.32. The molecule has 2 heterocycles. The molecule has 1 aliphatic heterocycles. The highest BCUT2D eigenvalue weighted by Crippen LogP contribution is 2.27. The van der Waals surface area contributed by atoms with Crippen molar-refractivity contribution in [2.75, 3.05) is 39.2 Å². The Labute approximate surface area is 147 Å². The maximum Gasteiger partial charge on any atom is 0.258 e. The van der Waals surface area contributed by atoms with Crippen molar-refractivity contribution in [2.45, 2.75) is 13.0 Å². The summed E-state index contributed by atoms with van der Waals surface area (Å²) < 4.78 is 10.9. The predicted molar refractivity (Wildman–Crippen MR) is 93.9 cm³/mol. The van der Waals surface area contributed by atoms with Crippen molar-refractivity contribution in [2.24, 2.45) is 0 Å². The number of para-hydroxylation sites is 1. The fourth-order valence-corrected chi connectivity index (χ4v) is 2.91. The molecule has 1 aromatic heterocycles. The van der Waals surface area contributed by atoms with E-state index in [9.17, 15) is 4.79 Å². The number of aromatic nitrogens is 2. The van der Waals surface area contributed by atoms with Crippen molar-refractivity contribution >= 4 is 11.7 Å². The fraction of sp³-hybridized carbons (Fsp3) is 0.389. The lowest BCUT2D eigenvalue weighted by atomic mass is 10.1. The smallest absolute Gasteiger partial charge is 0.258 e. The summed E-state index contributed by atoms with van der Waals surface area (Å²) in [5.74, 6) is 1.74. The predicted octanol–water partition coefficient (Wildman–Crippen LogP) is 2.05. The van der Waals surface area contributed by atoms with Crippen molar-refractivity contribution in [1.29, 1.82) is 0 Å². The van der Waals surface area contributed by atoms with Crippen LogP contribution < -0.4 is 10.1 Å². The average molecular weight is 342 g/mol. The molecule has 1 N–H and O–H groups in total. The Bertz CT molecular complexity index is 766. The van der Waals surface area contributed by atoms with Gasteiger partial charge in [-0.2, -0.15) is 0 Å².